The van der Waals surface area contributed by atoms with Crippen LogP contribution < -0.4 is 14.4 Å². The van der Waals surface area contributed by atoms with Crippen LogP contribution in [0, 0.1) is 6.92 Å². The number of morpholine rings is 1. The van der Waals surface area contributed by atoms with Crippen LogP contribution >= 0.6 is 23.7 Å². The summed E-state index contributed by atoms with van der Waals surface area (Å²) in [6.45, 7) is 8.03. The lowest BCUT2D eigenvalue weighted by Crippen LogP contribution is -2.39. The molecular weight excluding hydrogens is 462 g/mol. The van der Waals surface area contributed by atoms with Crippen molar-refractivity contribution in [2.75, 3.05) is 57.5 Å². The van der Waals surface area contributed by atoms with Crippen LogP contribution in [0.3, 0.4) is 0 Å². The Balaban J connectivity index is 0.00000259. The maximum atomic E-state index is 13.6. The van der Waals surface area contributed by atoms with Crippen LogP contribution in [0.5, 0.6) is 11.5 Å². The second-order valence-electron chi connectivity index (χ2n) is 8.04. The van der Waals surface area contributed by atoms with E-state index in [1.807, 2.05) is 23.1 Å². The third-order valence-corrected chi connectivity index (χ3v) is 6.88. The zero-order valence-corrected chi connectivity index (χ0v) is 20.3. The molecule has 0 atom stereocenters. The number of benzene rings is 2. The fourth-order valence-electron chi connectivity index (χ4n) is 4.08. The van der Waals surface area contributed by atoms with Gasteiger partial charge in [-0.15, -0.1) is 12.4 Å². The van der Waals surface area contributed by atoms with Crippen molar-refractivity contribution in [3.8, 4) is 11.5 Å². The summed E-state index contributed by atoms with van der Waals surface area (Å²) < 4.78 is 17.8. The molecule has 1 fully saturated rings. The number of fused-ring (bicyclic) bond motifs is 2. The van der Waals surface area contributed by atoms with E-state index < -0.39 is 0 Å². The number of nitrogens with zero attached hydrogens (tertiary/aromatic N) is 3. The third kappa shape index (κ3) is 5.24. The maximum Gasteiger partial charge on any atom is 0.260 e. The van der Waals surface area contributed by atoms with E-state index in [2.05, 4.69) is 24.0 Å². The van der Waals surface area contributed by atoms with Gasteiger partial charge in [0.25, 0.3) is 5.91 Å². The molecule has 1 amide bonds. The average molecular weight is 490 g/mol. The Hall–Kier alpha value is -2.39. The van der Waals surface area contributed by atoms with Crippen molar-refractivity contribution in [3.63, 3.8) is 0 Å². The quantitative estimate of drug-likeness (QED) is 0.518. The van der Waals surface area contributed by atoms with E-state index in [1.54, 1.807) is 17.4 Å². The Labute approximate surface area is 203 Å². The molecule has 2 aliphatic heterocycles. The summed E-state index contributed by atoms with van der Waals surface area (Å²) in [5.74, 6) is 1.23. The van der Waals surface area contributed by atoms with Crippen molar-refractivity contribution >= 4 is 45.0 Å². The maximum absolute atomic E-state index is 13.6. The summed E-state index contributed by atoms with van der Waals surface area (Å²) in [7, 11) is 0. The van der Waals surface area contributed by atoms with Gasteiger partial charge in [-0.25, -0.2) is 4.98 Å². The van der Waals surface area contributed by atoms with Gasteiger partial charge in [-0.3, -0.25) is 14.6 Å². The van der Waals surface area contributed by atoms with E-state index in [0.717, 1.165) is 60.2 Å². The van der Waals surface area contributed by atoms with Gasteiger partial charge in [0.2, 0.25) is 0 Å². The molecule has 0 saturated carbocycles. The first kappa shape index (κ1) is 23.8. The molecule has 33 heavy (non-hydrogen) atoms. The Morgan fingerprint density at radius 1 is 1.09 bits per heavy atom. The van der Waals surface area contributed by atoms with Crippen LogP contribution in [0.4, 0.5) is 5.13 Å². The molecule has 2 aromatic carbocycles. The largest absolute Gasteiger partial charge is 0.486 e. The van der Waals surface area contributed by atoms with Gasteiger partial charge in [0.1, 0.15) is 13.2 Å². The molecule has 176 valence electrons. The first-order chi connectivity index (χ1) is 15.7. The lowest BCUT2D eigenvalue weighted by molar-refractivity contribution is 0.0376. The highest BCUT2D eigenvalue weighted by atomic mass is 35.5. The van der Waals surface area contributed by atoms with E-state index in [-0.39, 0.29) is 18.3 Å². The number of thiazole rings is 1. The molecule has 7 nitrogen and oxygen atoms in total. The molecule has 1 aromatic heterocycles. The van der Waals surface area contributed by atoms with E-state index >= 15 is 0 Å². The average Bonchev–Trinajstić information content (AvgIpc) is 3.27. The van der Waals surface area contributed by atoms with Crippen molar-refractivity contribution in [2.24, 2.45) is 0 Å². The van der Waals surface area contributed by atoms with Crippen molar-refractivity contribution in [2.45, 2.75) is 13.3 Å². The molecule has 0 unspecified atom stereocenters. The third-order valence-electron chi connectivity index (χ3n) is 5.83. The number of aromatic nitrogens is 1. The first-order valence-corrected chi connectivity index (χ1v) is 11.9. The molecule has 9 heteroatoms. The van der Waals surface area contributed by atoms with Gasteiger partial charge in [0.05, 0.1) is 23.4 Å². The summed E-state index contributed by atoms with van der Waals surface area (Å²) in [6, 6.07) is 11.6. The zero-order valence-electron chi connectivity index (χ0n) is 18.6. The Morgan fingerprint density at radius 2 is 1.88 bits per heavy atom. The highest BCUT2D eigenvalue weighted by Crippen LogP contribution is 2.34. The van der Waals surface area contributed by atoms with Crippen molar-refractivity contribution in [3.05, 3.63) is 47.5 Å². The van der Waals surface area contributed by atoms with Gasteiger partial charge < -0.3 is 14.2 Å². The Bertz CT molecular complexity index is 1120. The highest BCUT2D eigenvalue weighted by Gasteiger charge is 2.24. The second kappa shape index (κ2) is 10.7. The SMILES string of the molecule is Cc1cccc2sc(N(CCCN3CCOCC3)C(=O)c3ccc4c(c3)OCCO4)nc12.Cl. The smallest absolute Gasteiger partial charge is 0.260 e. The number of rotatable bonds is 6. The number of aryl methyl sites for hydroxylation is 1. The highest BCUT2D eigenvalue weighted by molar-refractivity contribution is 7.22. The molecule has 3 heterocycles. The number of halogens is 1. The van der Waals surface area contributed by atoms with Crippen LogP contribution in [-0.2, 0) is 4.74 Å². The fourth-order valence-corrected chi connectivity index (χ4v) is 5.15. The standard InChI is InChI=1S/C24H27N3O4S.ClH/c1-17-4-2-5-21-22(17)25-24(32-21)27(9-3-8-26-10-12-29-13-11-26)23(28)18-6-7-19-20(16-18)31-15-14-30-19;/h2,4-7,16H,3,8-15H2,1H3;1H. The summed E-state index contributed by atoms with van der Waals surface area (Å²) in [6.07, 6.45) is 0.866. The number of carbonyl (C=O) groups is 1. The van der Waals surface area contributed by atoms with Crippen molar-refractivity contribution in [1.29, 1.82) is 0 Å². The molecule has 0 aliphatic carbocycles. The lowest BCUT2D eigenvalue weighted by Gasteiger charge is -2.28. The molecule has 5 rings (SSSR count). The van der Waals surface area contributed by atoms with Gasteiger partial charge >= 0.3 is 0 Å². The summed E-state index contributed by atoms with van der Waals surface area (Å²) in [5, 5.41) is 0.733. The van der Waals surface area contributed by atoms with Gasteiger partial charge in [0, 0.05) is 31.7 Å². The fraction of sp³-hybridized carbons (Fsp3) is 0.417. The molecule has 0 bridgehead atoms. The van der Waals surface area contributed by atoms with E-state index in [1.165, 1.54) is 0 Å². The van der Waals surface area contributed by atoms with Gasteiger partial charge in [0.15, 0.2) is 16.6 Å². The minimum Gasteiger partial charge on any atom is -0.486 e. The molecular formula is C24H28ClN3O4S. The molecule has 1 saturated heterocycles. The van der Waals surface area contributed by atoms with Crippen molar-refractivity contribution < 1.29 is 19.0 Å². The molecule has 0 spiro atoms. The monoisotopic (exact) mass is 489 g/mol. The predicted molar refractivity (Wildman–Crippen MR) is 133 cm³/mol. The van der Waals surface area contributed by atoms with Crippen LogP contribution in [0.25, 0.3) is 10.2 Å². The van der Waals surface area contributed by atoms with E-state index in [0.29, 0.717) is 36.8 Å². The minimum atomic E-state index is -0.0688. The Kier molecular flexibility index (Phi) is 7.70. The number of hydrogen-bond donors (Lipinski definition) is 0. The molecule has 3 aromatic rings. The predicted octanol–water partition coefficient (Wildman–Crippen LogP) is 4.17. The summed E-state index contributed by atoms with van der Waals surface area (Å²) in [5.41, 5.74) is 2.65. The van der Waals surface area contributed by atoms with E-state index in [4.69, 9.17) is 19.2 Å². The Morgan fingerprint density at radius 3 is 2.67 bits per heavy atom. The zero-order chi connectivity index (χ0) is 21.9. The molecule has 0 N–H and O–H groups in total. The number of anilines is 1. The van der Waals surface area contributed by atoms with Gasteiger partial charge in [-0.1, -0.05) is 23.5 Å². The van der Waals surface area contributed by atoms with Crippen molar-refractivity contribution in [1.82, 2.24) is 9.88 Å². The molecule has 0 radical (unpaired) electrons. The normalized spacial score (nSPS) is 15.8. The number of amides is 1. The minimum absolute atomic E-state index is 0. The van der Waals surface area contributed by atoms with Crippen LogP contribution in [0.15, 0.2) is 36.4 Å². The second-order valence-corrected chi connectivity index (χ2v) is 9.05. The van der Waals surface area contributed by atoms with Crippen LogP contribution in [-0.4, -0.2) is 68.4 Å². The summed E-state index contributed by atoms with van der Waals surface area (Å²) >= 11 is 1.56. The number of carbonyl (C=O) groups excluding carboxylic acids is 1. The van der Waals surface area contributed by atoms with E-state index in [9.17, 15) is 4.79 Å². The lowest BCUT2D eigenvalue weighted by atomic mass is 10.1. The van der Waals surface area contributed by atoms with Crippen LogP contribution in [0.1, 0.15) is 22.3 Å². The first-order valence-electron chi connectivity index (χ1n) is 11.1. The number of para-hydroxylation sites is 1. The summed E-state index contributed by atoms with van der Waals surface area (Å²) in [4.78, 5) is 22.7. The molecule has 2 aliphatic rings. The number of hydrogen-bond acceptors (Lipinski definition) is 7. The van der Waals surface area contributed by atoms with Gasteiger partial charge in [-0.05, 0) is 43.2 Å². The number of ether oxygens (including phenoxy) is 3. The topological polar surface area (TPSA) is 64.1 Å². The van der Waals surface area contributed by atoms with Gasteiger partial charge in [-0.2, -0.15) is 0 Å². The van der Waals surface area contributed by atoms with Crippen LogP contribution in [0.2, 0.25) is 0 Å².